The molecule has 1 aliphatic heterocycles. The molecule has 2 aliphatic rings. The van der Waals surface area contributed by atoms with E-state index in [1.165, 1.54) is 10.9 Å². The van der Waals surface area contributed by atoms with Crippen molar-refractivity contribution in [1.82, 2.24) is 19.9 Å². The first-order chi connectivity index (χ1) is 14.1. The van der Waals surface area contributed by atoms with Gasteiger partial charge in [-0.05, 0) is 62.3 Å². The summed E-state index contributed by atoms with van der Waals surface area (Å²) in [6.45, 7) is 6.95. The first-order valence-electron chi connectivity index (χ1n) is 10.5. The van der Waals surface area contributed by atoms with Crippen LogP contribution in [-0.2, 0) is 6.54 Å². The zero-order chi connectivity index (χ0) is 20.0. The van der Waals surface area contributed by atoms with Crippen LogP contribution in [0.25, 0.3) is 10.9 Å². The lowest BCUT2D eigenvalue weighted by Crippen LogP contribution is -2.42. The summed E-state index contributed by atoms with van der Waals surface area (Å²) in [7, 11) is 0. The van der Waals surface area contributed by atoms with Crippen LogP contribution in [0.4, 0.5) is 0 Å². The quantitative estimate of drug-likeness (QED) is 0.713. The zero-order valence-corrected chi connectivity index (χ0v) is 17.0. The molecule has 6 nitrogen and oxygen atoms in total. The van der Waals surface area contributed by atoms with Crippen molar-refractivity contribution >= 4 is 10.9 Å². The smallest absolute Gasteiger partial charge is 0.141 e. The molecule has 29 heavy (non-hydrogen) atoms. The third-order valence-electron chi connectivity index (χ3n) is 6.58. The van der Waals surface area contributed by atoms with Crippen molar-refractivity contribution < 1.29 is 9.84 Å². The van der Waals surface area contributed by atoms with Crippen molar-refractivity contribution in [1.29, 1.82) is 0 Å². The minimum Gasteiger partial charge on any atom is -0.486 e. The average Bonchev–Trinajstić information content (AvgIpc) is 3.28. The Hall–Kier alpha value is -2.44. The van der Waals surface area contributed by atoms with Crippen LogP contribution in [0.5, 0.6) is 5.75 Å². The number of ether oxygens (including phenoxy) is 1. The second kappa shape index (κ2) is 7.43. The molecule has 0 spiro atoms. The van der Waals surface area contributed by atoms with Crippen molar-refractivity contribution in [2.75, 3.05) is 13.1 Å². The third-order valence-corrected chi connectivity index (χ3v) is 6.58. The van der Waals surface area contributed by atoms with Gasteiger partial charge in [0.1, 0.15) is 11.9 Å². The Morgan fingerprint density at radius 3 is 2.83 bits per heavy atom. The Morgan fingerprint density at radius 1 is 1.17 bits per heavy atom. The van der Waals surface area contributed by atoms with Crippen molar-refractivity contribution in [2.45, 2.75) is 45.4 Å². The number of likely N-dealkylation sites (tertiary alicyclic amines) is 1. The van der Waals surface area contributed by atoms with E-state index in [0.29, 0.717) is 11.8 Å². The number of aromatic nitrogens is 3. The summed E-state index contributed by atoms with van der Waals surface area (Å²) in [5, 5.41) is 11.9. The molecule has 4 atom stereocenters. The molecule has 1 saturated heterocycles. The molecule has 0 amide bonds. The summed E-state index contributed by atoms with van der Waals surface area (Å²) in [5.41, 5.74) is 4.30. The molecule has 4 heterocycles. The number of pyridine rings is 2. The summed E-state index contributed by atoms with van der Waals surface area (Å²) < 4.78 is 6.22. The van der Waals surface area contributed by atoms with E-state index in [2.05, 4.69) is 26.0 Å². The number of nitrogens with one attached hydrogen (secondary N) is 1. The molecule has 0 aromatic carbocycles. The fourth-order valence-electron chi connectivity index (χ4n) is 5.10. The van der Waals surface area contributed by atoms with Crippen molar-refractivity contribution in [3.63, 3.8) is 0 Å². The maximum atomic E-state index is 10.7. The van der Waals surface area contributed by atoms with Crippen LogP contribution in [-0.4, -0.2) is 50.3 Å². The van der Waals surface area contributed by atoms with Crippen molar-refractivity contribution in [3.05, 3.63) is 53.7 Å². The van der Waals surface area contributed by atoms with Crippen LogP contribution in [0.3, 0.4) is 0 Å². The van der Waals surface area contributed by atoms with Gasteiger partial charge < -0.3 is 14.8 Å². The average molecular weight is 393 g/mol. The van der Waals surface area contributed by atoms with Crippen LogP contribution in [0.15, 0.2) is 36.8 Å². The minimum atomic E-state index is -0.422. The number of hydrogen-bond donors (Lipinski definition) is 2. The summed E-state index contributed by atoms with van der Waals surface area (Å²) in [6.07, 6.45) is 6.98. The summed E-state index contributed by atoms with van der Waals surface area (Å²) in [4.78, 5) is 14.6. The van der Waals surface area contributed by atoms with Crippen LogP contribution >= 0.6 is 0 Å². The highest BCUT2D eigenvalue weighted by atomic mass is 16.5. The predicted octanol–water partition coefficient (Wildman–Crippen LogP) is 3.23. The third kappa shape index (κ3) is 3.63. The zero-order valence-electron chi connectivity index (χ0n) is 17.0. The first-order valence-corrected chi connectivity index (χ1v) is 10.5. The maximum Gasteiger partial charge on any atom is 0.141 e. The molecule has 1 saturated carbocycles. The molecule has 3 aromatic rings. The van der Waals surface area contributed by atoms with E-state index in [9.17, 15) is 5.11 Å². The Morgan fingerprint density at radius 2 is 2.00 bits per heavy atom. The monoisotopic (exact) mass is 392 g/mol. The molecular formula is C23H28N4O2. The molecule has 5 rings (SSSR count). The molecule has 0 bridgehead atoms. The normalized spacial score (nSPS) is 27.3. The standard InChI is InChI=1S/C23H28N4O2/c1-14-3-4-22(15(2)26-14)29-23-8-17-12-27(11-16(17)7-21(23)28)13-18-9-25-20-5-6-24-10-19(18)20/h3-6,9-10,16-17,21,23,25,28H,7-8,11-13H2,1-2H3/t16-,17+,21+,23+/m0/s1. The van der Waals surface area contributed by atoms with Crippen LogP contribution in [0.2, 0.25) is 0 Å². The van der Waals surface area contributed by atoms with Gasteiger partial charge >= 0.3 is 0 Å². The second-order valence-electron chi connectivity index (χ2n) is 8.68. The SMILES string of the molecule is Cc1ccc(O[C@@H]2C[C@@H]3CN(Cc4c[nH]c5ccncc45)C[C@@H]3C[C@H]2O)c(C)n1. The molecule has 0 radical (unpaired) electrons. The van der Waals surface area contributed by atoms with Gasteiger partial charge in [-0.1, -0.05) is 0 Å². The molecule has 3 aromatic heterocycles. The lowest BCUT2D eigenvalue weighted by Gasteiger charge is -2.35. The number of H-pyrrole nitrogens is 1. The second-order valence-corrected chi connectivity index (χ2v) is 8.68. The first kappa shape index (κ1) is 18.6. The van der Waals surface area contributed by atoms with E-state index in [1.54, 1.807) is 0 Å². The molecule has 152 valence electrons. The van der Waals surface area contributed by atoms with Gasteiger partial charge in [0.25, 0.3) is 0 Å². The van der Waals surface area contributed by atoms with E-state index in [0.717, 1.165) is 55.1 Å². The maximum absolute atomic E-state index is 10.7. The van der Waals surface area contributed by atoms with E-state index < -0.39 is 6.10 Å². The lowest BCUT2D eigenvalue weighted by molar-refractivity contribution is -0.0236. The summed E-state index contributed by atoms with van der Waals surface area (Å²) in [6, 6.07) is 5.96. The Bertz CT molecular complexity index is 1020. The highest BCUT2D eigenvalue weighted by Crippen LogP contribution is 2.39. The van der Waals surface area contributed by atoms with Gasteiger partial charge in [-0.25, -0.2) is 0 Å². The number of hydrogen-bond acceptors (Lipinski definition) is 5. The highest BCUT2D eigenvalue weighted by Gasteiger charge is 2.42. The number of rotatable bonds is 4. The van der Waals surface area contributed by atoms with E-state index in [4.69, 9.17) is 4.74 Å². The van der Waals surface area contributed by atoms with Crippen LogP contribution < -0.4 is 4.74 Å². The fraction of sp³-hybridized carbons (Fsp3) is 0.478. The molecular weight excluding hydrogens is 364 g/mol. The minimum absolute atomic E-state index is 0.156. The summed E-state index contributed by atoms with van der Waals surface area (Å²) >= 11 is 0. The van der Waals surface area contributed by atoms with Crippen LogP contribution in [0, 0.1) is 25.7 Å². The van der Waals surface area contributed by atoms with Gasteiger partial charge in [-0.3, -0.25) is 14.9 Å². The number of aliphatic hydroxyl groups is 1. The highest BCUT2D eigenvalue weighted by molar-refractivity contribution is 5.81. The van der Waals surface area contributed by atoms with Crippen molar-refractivity contribution in [2.24, 2.45) is 11.8 Å². The van der Waals surface area contributed by atoms with Gasteiger partial charge in [0.15, 0.2) is 0 Å². The molecule has 2 N–H and O–H groups in total. The Balaban J connectivity index is 1.26. The van der Waals surface area contributed by atoms with E-state index >= 15 is 0 Å². The number of nitrogens with zero attached hydrogens (tertiary/aromatic N) is 3. The largest absolute Gasteiger partial charge is 0.486 e. The molecule has 6 heteroatoms. The Kier molecular flexibility index (Phi) is 4.76. The predicted molar refractivity (Wildman–Crippen MR) is 112 cm³/mol. The van der Waals surface area contributed by atoms with Gasteiger partial charge in [0.2, 0.25) is 0 Å². The summed E-state index contributed by atoms with van der Waals surface area (Å²) in [5.74, 6) is 1.88. The molecule has 1 aliphatic carbocycles. The number of aromatic amines is 1. The number of aryl methyl sites for hydroxylation is 2. The van der Waals surface area contributed by atoms with Gasteiger partial charge in [0, 0.05) is 54.8 Å². The molecule has 2 fully saturated rings. The van der Waals surface area contributed by atoms with Crippen molar-refractivity contribution in [3.8, 4) is 5.75 Å². The van der Waals surface area contributed by atoms with E-state index in [1.807, 2.05) is 44.4 Å². The van der Waals surface area contributed by atoms with Crippen LogP contribution in [0.1, 0.15) is 29.8 Å². The van der Waals surface area contributed by atoms with Gasteiger partial charge in [0.05, 0.1) is 11.8 Å². The molecule has 0 unspecified atom stereocenters. The number of fused-ring (bicyclic) bond motifs is 2. The number of aliphatic hydroxyl groups excluding tert-OH is 1. The lowest BCUT2D eigenvalue weighted by atomic mass is 9.78. The fourth-order valence-corrected chi connectivity index (χ4v) is 5.10. The topological polar surface area (TPSA) is 74.3 Å². The Labute approximate surface area is 170 Å². The van der Waals surface area contributed by atoms with Gasteiger partial charge in [-0.15, -0.1) is 0 Å². The van der Waals surface area contributed by atoms with E-state index in [-0.39, 0.29) is 6.10 Å². The van der Waals surface area contributed by atoms with Gasteiger partial charge in [-0.2, -0.15) is 0 Å².